The fraction of sp³-hybridized carbons (Fsp3) is 0.304. The maximum Gasteiger partial charge on any atom is 0.261 e. The van der Waals surface area contributed by atoms with Crippen molar-refractivity contribution in [2.75, 3.05) is 13.2 Å². The molecule has 154 valence electrons. The molecule has 1 amide bonds. The summed E-state index contributed by atoms with van der Waals surface area (Å²) in [7, 11) is 0. The third-order valence-electron chi connectivity index (χ3n) is 5.26. The molecule has 1 fully saturated rings. The van der Waals surface area contributed by atoms with E-state index < -0.39 is 5.82 Å². The molecular weight excluding hydrogens is 383 g/mol. The first kappa shape index (κ1) is 19.9. The lowest BCUT2D eigenvalue weighted by Crippen LogP contribution is -2.41. The van der Waals surface area contributed by atoms with Crippen molar-refractivity contribution in [3.8, 4) is 16.9 Å². The van der Waals surface area contributed by atoms with Crippen molar-refractivity contribution in [3.05, 3.63) is 72.3 Å². The average Bonchev–Trinajstić information content (AvgIpc) is 2.79. The highest BCUT2D eigenvalue weighted by molar-refractivity contribution is 5.79. The highest BCUT2D eigenvalue weighted by Crippen LogP contribution is 2.35. The number of halogens is 1. The minimum atomic E-state index is -0.480. The van der Waals surface area contributed by atoms with E-state index in [1.807, 2.05) is 19.1 Å². The number of rotatable bonds is 5. The molecule has 1 aliphatic heterocycles. The van der Waals surface area contributed by atoms with Gasteiger partial charge in [-0.05, 0) is 56.0 Å². The van der Waals surface area contributed by atoms with Gasteiger partial charge in [0.25, 0.3) is 5.91 Å². The normalized spacial score (nSPS) is 16.3. The average molecular weight is 406 g/mol. The fourth-order valence-corrected chi connectivity index (χ4v) is 3.79. The summed E-state index contributed by atoms with van der Waals surface area (Å²) < 4.78 is 19.3. The molecule has 0 N–H and O–H groups in total. The SMILES string of the molecule is Cc1ncc(-c2ccncc2)c([C@@H]2CCCCN2C(=O)COc2ccccc2F)n1. The Morgan fingerprint density at radius 1 is 1.20 bits per heavy atom. The molecule has 0 bridgehead atoms. The largest absolute Gasteiger partial charge is 0.481 e. The Morgan fingerprint density at radius 3 is 2.80 bits per heavy atom. The number of aryl methyl sites for hydroxylation is 1. The number of carbonyl (C=O) groups is 1. The van der Waals surface area contributed by atoms with Crippen LogP contribution in [0.2, 0.25) is 0 Å². The number of amides is 1. The summed E-state index contributed by atoms with van der Waals surface area (Å²) in [6, 6.07) is 9.74. The van der Waals surface area contributed by atoms with Gasteiger partial charge in [-0.2, -0.15) is 0 Å². The summed E-state index contributed by atoms with van der Waals surface area (Å²) in [6.45, 7) is 2.24. The smallest absolute Gasteiger partial charge is 0.261 e. The van der Waals surface area contributed by atoms with E-state index in [-0.39, 0.29) is 24.3 Å². The molecule has 0 aliphatic carbocycles. The summed E-state index contributed by atoms with van der Waals surface area (Å²) in [6.07, 6.45) is 7.98. The summed E-state index contributed by atoms with van der Waals surface area (Å²) in [5.41, 5.74) is 2.68. The van der Waals surface area contributed by atoms with Gasteiger partial charge in [0.15, 0.2) is 18.2 Å². The first-order valence-corrected chi connectivity index (χ1v) is 10.0. The second kappa shape index (κ2) is 8.98. The number of piperidine rings is 1. The van der Waals surface area contributed by atoms with Gasteiger partial charge in [0, 0.05) is 30.7 Å². The zero-order chi connectivity index (χ0) is 20.9. The highest BCUT2D eigenvalue weighted by atomic mass is 19.1. The topological polar surface area (TPSA) is 68.2 Å². The molecule has 0 saturated carbocycles. The number of carbonyl (C=O) groups excluding carboxylic acids is 1. The van der Waals surface area contributed by atoms with Crippen LogP contribution in [0.25, 0.3) is 11.1 Å². The number of hydrogen-bond donors (Lipinski definition) is 0. The van der Waals surface area contributed by atoms with Crippen LogP contribution in [0, 0.1) is 12.7 Å². The Balaban J connectivity index is 1.60. The molecule has 3 heterocycles. The lowest BCUT2D eigenvalue weighted by atomic mass is 9.94. The second-order valence-electron chi connectivity index (χ2n) is 7.27. The summed E-state index contributed by atoms with van der Waals surface area (Å²) in [5.74, 6) is 0.0740. The van der Waals surface area contributed by atoms with Crippen molar-refractivity contribution >= 4 is 5.91 Å². The van der Waals surface area contributed by atoms with Crippen LogP contribution in [-0.2, 0) is 4.79 Å². The third-order valence-corrected chi connectivity index (χ3v) is 5.26. The standard InChI is InChI=1S/C23H23FN4O2/c1-16-26-14-18(17-9-11-25-12-10-17)23(27-16)20-7-4-5-13-28(20)22(29)15-30-21-8-3-2-6-19(21)24/h2-3,6,8-12,14,20H,4-5,7,13,15H2,1H3/t20-/m0/s1. The van der Waals surface area contributed by atoms with E-state index in [0.717, 1.165) is 36.1 Å². The van der Waals surface area contributed by atoms with Crippen molar-refractivity contribution in [2.24, 2.45) is 0 Å². The van der Waals surface area contributed by atoms with Crippen LogP contribution in [0.5, 0.6) is 5.75 Å². The fourth-order valence-electron chi connectivity index (χ4n) is 3.79. The van der Waals surface area contributed by atoms with Crippen LogP contribution in [0.3, 0.4) is 0 Å². The van der Waals surface area contributed by atoms with Gasteiger partial charge in [-0.3, -0.25) is 9.78 Å². The Morgan fingerprint density at radius 2 is 2.00 bits per heavy atom. The van der Waals surface area contributed by atoms with Gasteiger partial charge in [-0.1, -0.05) is 12.1 Å². The Labute approximate surface area is 174 Å². The molecule has 0 radical (unpaired) electrons. The highest BCUT2D eigenvalue weighted by Gasteiger charge is 2.31. The number of aromatic nitrogens is 3. The van der Waals surface area contributed by atoms with Crippen LogP contribution < -0.4 is 4.74 Å². The first-order chi connectivity index (χ1) is 14.6. The zero-order valence-electron chi connectivity index (χ0n) is 16.8. The quantitative estimate of drug-likeness (QED) is 0.638. The molecular formula is C23H23FN4O2. The van der Waals surface area contributed by atoms with Crippen LogP contribution in [-0.4, -0.2) is 38.9 Å². The van der Waals surface area contributed by atoms with E-state index in [4.69, 9.17) is 9.72 Å². The molecule has 1 atom stereocenters. The number of nitrogens with zero attached hydrogens (tertiary/aromatic N) is 4. The third kappa shape index (κ3) is 4.30. The van der Waals surface area contributed by atoms with E-state index in [9.17, 15) is 9.18 Å². The number of benzene rings is 1. The van der Waals surface area contributed by atoms with E-state index in [1.165, 1.54) is 12.1 Å². The van der Waals surface area contributed by atoms with Crippen molar-refractivity contribution < 1.29 is 13.9 Å². The minimum absolute atomic E-state index is 0.0785. The Hall–Kier alpha value is -3.35. The van der Waals surface area contributed by atoms with Gasteiger partial charge in [-0.15, -0.1) is 0 Å². The Bertz CT molecular complexity index is 1030. The molecule has 0 unspecified atom stereocenters. The molecule has 30 heavy (non-hydrogen) atoms. The number of hydrogen-bond acceptors (Lipinski definition) is 5. The molecule has 7 heteroatoms. The summed E-state index contributed by atoms with van der Waals surface area (Å²) >= 11 is 0. The van der Waals surface area contributed by atoms with Gasteiger partial charge < -0.3 is 9.64 Å². The van der Waals surface area contributed by atoms with Crippen molar-refractivity contribution in [1.29, 1.82) is 0 Å². The van der Waals surface area contributed by atoms with Gasteiger partial charge in [0.2, 0.25) is 0 Å². The number of para-hydroxylation sites is 1. The maximum atomic E-state index is 13.8. The van der Waals surface area contributed by atoms with Gasteiger partial charge in [0.1, 0.15) is 5.82 Å². The minimum Gasteiger partial charge on any atom is -0.481 e. The Kier molecular flexibility index (Phi) is 5.97. The van der Waals surface area contributed by atoms with E-state index in [0.29, 0.717) is 12.4 Å². The predicted octanol–water partition coefficient (Wildman–Crippen LogP) is 4.12. The zero-order valence-corrected chi connectivity index (χ0v) is 16.8. The van der Waals surface area contributed by atoms with Crippen molar-refractivity contribution in [1.82, 2.24) is 19.9 Å². The number of pyridine rings is 1. The molecule has 1 aromatic carbocycles. The summed E-state index contributed by atoms with van der Waals surface area (Å²) in [4.78, 5) is 28.0. The van der Waals surface area contributed by atoms with E-state index in [2.05, 4.69) is 9.97 Å². The molecule has 2 aromatic heterocycles. The molecule has 1 saturated heterocycles. The lowest BCUT2D eigenvalue weighted by molar-refractivity contribution is -0.137. The van der Waals surface area contributed by atoms with Crippen molar-refractivity contribution in [2.45, 2.75) is 32.2 Å². The van der Waals surface area contributed by atoms with Crippen LogP contribution in [0.1, 0.15) is 36.8 Å². The van der Waals surface area contributed by atoms with E-state index in [1.54, 1.807) is 35.6 Å². The first-order valence-electron chi connectivity index (χ1n) is 10.0. The van der Waals surface area contributed by atoms with E-state index >= 15 is 0 Å². The maximum absolute atomic E-state index is 13.8. The molecule has 4 rings (SSSR count). The van der Waals surface area contributed by atoms with Gasteiger partial charge >= 0.3 is 0 Å². The molecule has 1 aliphatic rings. The second-order valence-corrected chi connectivity index (χ2v) is 7.27. The molecule has 3 aromatic rings. The number of ether oxygens (including phenoxy) is 1. The number of likely N-dealkylation sites (tertiary alicyclic amines) is 1. The molecule has 6 nitrogen and oxygen atoms in total. The van der Waals surface area contributed by atoms with Crippen LogP contribution in [0.4, 0.5) is 4.39 Å². The van der Waals surface area contributed by atoms with Crippen LogP contribution in [0.15, 0.2) is 55.0 Å². The van der Waals surface area contributed by atoms with Gasteiger partial charge in [-0.25, -0.2) is 14.4 Å². The molecule has 0 spiro atoms. The predicted molar refractivity (Wildman–Crippen MR) is 110 cm³/mol. The lowest BCUT2D eigenvalue weighted by Gasteiger charge is -2.36. The monoisotopic (exact) mass is 406 g/mol. The summed E-state index contributed by atoms with van der Waals surface area (Å²) in [5, 5.41) is 0. The van der Waals surface area contributed by atoms with Gasteiger partial charge in [0.05, 0.1) is 11.7 Å². The van der Waals surface area contributed by atoms with Crippen LogP contribution >= 0.6 is 0 Å². The van der Waals surface area contributed by atoms with Crippen molar-refractivity contribution in [3.63, 3.8) is 0 Å².